The lowest BCUT2D eigenvalue weighted by atomic mass is 9.98. The summed E-state index contributed by atoms with van der Waals surface area (Å²) in [6.45, 7) is 1.76. The first-order valence-electron chi connectivity index (χ1n) is 11.9. The minimum absolute atomic E-state index is 0.0812. The third-order valence-corrected chi connectivity index (χ3v) is 5.98. The number of aromatic nitrogens is 2. The first-order valence-corrected chi connectivity index (χ1v) is 11.9. The highest BCUT2D eigenvalue weighted by atomic mass is 19.4. The fourth-order valence-corrected chi connectivity index (χ4v) is 4.09. The Labute approximate surface area is 229 Å². The monoisotopic (exact) mass is 577 g/mol. The molecule has 7 nitrogen and oxygen atoms in total. The number of rotatable bonds is 8. The smallest absolute Gasteiger partial charge is 0.481 e. The molecule has 2 N–H and O–H groups in total. The fourth-order valence-electron chi connectivity index (χ4n) is 4.09. The number of alkyl halides is 6. The topological polar surface area (TPSA) is 93.5 Å². The highest BCUT2D eigenvalue weighted by molar-refractivity contribution is 5.96. The van der Waals surface area contributed by atoms with Gasteiger partial charge in [0.2, 0.25) is 0 Å². The number of carboxylic acids is 1. The average molecular weight is 577 g/mol. The van der Waals surface area contributed by atoms with Crippen molar-refractivity contribution in [1.29, 1.82) is 0 Å². The van der Waals surface area contributed by atoms with E-state index in [1.165, 1.54) is 48.5 Å². The average Bonchev–Trinajstić information content (AvgIpc) is 3.34. The number of nitrogens with zero attached hydrogens (tertiary/aromatic N) is 2. The maximum atomic E-state index is 14.1. The van der Waals surface area contributed by atoms with Crippen LogP contribution in [0.25, 0.3) is 16.8 Å². The van der Waals surface area contributed by atoms with E-state index in [-0.39, 0.29) is 11.3 Å². The molecule has 1 heterocycles. The highest BCUT2D eigenvalue weighted by Crippen LogP contribution is 2.34. The van der Waals surface area contributed by atoms with Gasteiger partial charge in [0, 0.05) is 0 Å². The lowest BCUT2D eigenvalue weighted by molar-refractivity contribution is -0.274. The summed E-state index contributed by atoms with van der Waals surface area (Å²) in [5.74, 6) is -2.90. The summed E-state index contributed by atoms with van der Waals surface area (Å²) in [5.41, 5.74) is 0.128. The number of carbonyl (C=O) groups excluding carboxylic acids is 1. The van der Waals surface area contributed by atoms with Gasteiger partial charge in [-0.3, -0.25) is 9.59 Å². The second-order valence-electron chi connectivity index (χ2n) is 8.97. The molecule has 1 unspecified atom stereocenters. The molecule has 0 fully saturated rings. The zero-order valence-electron chi connectivity index (χ0n) is 21.1. The van der Waals surface area contributed by atoms with Gasteiger partial charge in [0.1, 0.15) is 5.75 Å². The number of hydrogen-bond acceptors (Lipinski definition) is 4. The molecule has 1 atom stereocenters. The van der Waals surface area contributed by atoms with E-state index in [1.54, 1.807) is 19.1 Å². The van der Waals surface area contributed by atoms with Gasteiger partial charge in [0.05, 0.1) is 29.9 Å². The Morgan fingerprint density at radius 3 is 1.98 bits per heavy atom. The predicted molar refractivity (Wildman–Crippen MR) is 134 cm³/mol. The van der Waals surface area contributed by atoms with E-state index in [0.717, 1.165) is 23.9 Å². The Kier molecular flexibility index (Phi) is 8.08. The minimum atomic E-state index is -4.96. The van der Waals surface area contributed by atoms with E-state index < -0.39 is 53.9 Å². The van der Waals surface area contributed by atoms with Gasteiger partial charge in [-0.05, 0) is 47.9 Å². The maximum absolute atomic E-state index is 14.1. The first-order chi connectivity index (χ1) is 19.2. The van der Waals surface area contributed by atoms with Crippen LogP contribution in [0.15, 0.2) is 79.0 Å². The lowest BCUT2D eigenvalue weighted by Crippen LogP contribution is -2.31. The van der Waals surface area contributed by atoms with E-state index in [9.17, 15) is 41.0 Å². The molecule has 0 saturated heterocycles. The molecular weight excluding hydrogens is 556 g/mol. The van der Waals surface area contributed by atoms with Crippen LogP contribution < -0.4 is 10.1 Å². The summed E-state index contributed by atoms with van der Waals surface area (Å²) in [6, 6.07) is 15.8. The number of halogens is 6. The van der Waals surface area contributed by atoms with Crippen molar-refractivity contribution >= 4 is 11.9 Å². The number of carboxylic acid groups (broad SMARTS) is 1. The Bertz CT molecular complexity index is 1530. The Morgan fingerprint density at radius 1 is 0.902 bits per heavy atom. The summed E-state index contributed by atoms with van der Waals surface area (Å²) in [7, 11) is 0. The van der Waals surface area contributed by atoms with Gasteiger partial charge in [-0.25, -0.2) is 4.68 Å². The molecule has 0 radical (unpaired) electrons. The van der Waals surface area contributed by atoms with E-state index in [1.807, 2.05) is 0 Å². The predicted octanol–water partition coefficient (Wildman–Crippen LogP) is 6.71. The molecule has 4 rings (SSSR count). The number of benzene rings is 3. The molecule has 41 heavy (non-hydrogen) atoms. The van der Waals surface area contributed by atoms with Crippen LogP contribution in [0.3, 0.4) is 0 Å². The van der Waals surface area contributed by atoms with Gasteiger partial charge in [0.25, 0.3) is 5.91 Å². The van der Waals surface area contributed by atoms with Crippen LogP contribution in [0, 0.1) is 6.92 Å². The van der Waals surface area contributed by atoms with Crippen molar-refractivity contribution in [2.24, 2.45) is 0 Å². The van der Waals surface area contributed by atoms with Crippen LogP contribution in [-0.2, 0) is 11.0 Å². The molecule has 0 bridgehead atoms. The van der Waals surface area contributed by atoms with Crippen molar-refractivity contribution in [2.45, 2.75) is 31.9 Å². The number of aliphatic carboxylic acids is 1. The molecule has 0 aliphatic rings. The summed E-state index contributed by atoms with van der Waals surface area (Å²) in [5, 5.41) is 15.5. The summed E-state index contributed by atoms with van der Waals surface area (Å²) in [4.78, 5) is 24.6. The third kappa shape index (κ3) is 7.24. The summed E-state index contributed by atoms with van der Waals surface area (Å²) in [6.07, 6.45) is -9.67. The lowest BCUT2D eigenvalue weighted by Gasteiger charge is -2.19. The molecule has 1 amide bonds. The van der Waals surface area contributed by atoms with Crippen molar-refractivity contribution in [3.05, 3.63) is 101 Å². The van der Waals surface area contributed by atoms with Crippen LogP contribution >= 0.6 is 0 Å². The summed E-state index contributed by atoms with van der Waals surface area (Å²) >= 11 is 0. The molecule has 0 aliphatic heterocycles. The number of aryl methyl sites for hydroxylation is 1. The van der Waals surface area contributed by atoms with Crippen molar-refractivity contribution in [2.75, 3.05) is 0 Å². The largest absolute Gasteiger partial charge is 0.573 e. The van der Waals surface area contributed by atoms with Crippen molar-refractivity contribution in [1.82, 2.24) is 15.1 Å². The number of amides is 1. The van der Waals surface area contributed by atoms with Crippen LogP contribution in [0.5, 0.6) is 5.75 Å². The van der Waals surface area contributed by atoms with Crippen molar-refractivity contribution in [3.8, 4) is 22.6 Å². The first kappa shape index (κ1) is 29.2. The third-order valence-electron chi connectivity index (χ3n) is 5.98. The summed E-state index contributed by atoms with van der Waals surface area (Å²) < 4.78 is 83.8. The van der Waals surface area contributed by atoms with Crippen molar-refractivity contribution < 1.29 is 45.8 Å². The maximum Gasteiger partial charge on any atom is 0.573 e. The molecule has 214 valence electrons. The molecule has 0 spiro atoms. The van der Waals surface area contributed by atoms with E-state index in [0.29, 0.717) is 15.8 Å². The number of carbonyl (C=O) groups is 2. The van der Waals surface area contributed by atoms with Gasteiger partial charge in [-0.1, -0.05) is 54.1 Å². The Morgan fingerprint density at radius 2 is 1.46 bits per heavy atom. The van der Waals surface area contributed by atoms with Crippen LogP contribution in [0.2, 0.25) is 0 Å². The molecule has 0 saturated carbocycles. The molecule has 3 aromatic carbocycles. The number of nitrogens with one attached hydrogen (secondary N) is 1. The minimum Gasteiger partial charge on any atom is -0.481 e. The molecule has 1 aromatic heterocycles. The molecule has 0 aliphatic carbocycles. The second-order valence-corrected chi connectivity index (χ2v) is 8.97. The Hall–Kier alpha value is -4.81. The SMILES string of the molecule is Cc1ccc(-n2ncc(C(=O)NC(CC(=O)O)c3ccc(-c4ccc(OC(F)(F)F)cc4)cc3)c2C(F)(F)F)cc1. The van der Waals surface area contributed by atoms with Crippen LogP contribution in [-0.4, -0.2) is 33.1 Å². The van der Waals surface area contributed by atoms with E-state index in [4.69, 9.17) is 0 Å². The standard InChI is InChI=1S/C28H21F6N3O4/c1-16-2-10-20(11-3-16)37-25(27(29,30)31)22(15-35-37)26(40)36-23(14-24(38)39)19-6-4-17(5-7-19)18-8-12-21(13-9-18)41-28(32,33)34/h2-13,15,23H,14H2,1H3,(H,36,40)(H,38,39). The molecular formula is C28H21F6N3O4. The van der Waals surface area contributed by atoms with Gasteiger partial charge in [-0.2, -0.15) is 18.3 Å². The van der Waals surface area contributed by atoms with Gasteiger partial charge in [-0.15, -0.1) is 13.2 Å². The highest BCUT2D eigenvalue weighted by Gasteiger charge is 2.41. The van der Waals surface area contributed by atoms with Crippen LogP contribution in [0.4, 0.5) is 26.3 Å². The van der Waals surface area contributed by atoms with E-state index >= 15 is 0 Å². The molecule has 13 heteroatoms. The van der Waals surface area contributed by atoms with Gasteiger partial charge < -0.3 is 15.2 Å². The normalized spacial score (nSPS) is 12.6. The number of hydrogen-bond donors (Lipinski definition) is 2. The number of ether oxygens (including phenoxy) is 1. The molecule has 4 aromatic rings. The Balaban J connectivity index is 1.59. The van der Waals surface area contributed by atoms with Crippen molar-refractivity contribution in [3.63, 3.8) is 0 Å². The van der Waals surface area contributed by atoms with Crippen LogP contribution in [0.1, 0.15) is 39.6 Å². The van der Waals surface area contributed by atoms with Gasteiger partial charge >= 0.3 is 18.5 Å². The zero-order valence-corrected chi connectivity index (χ0v) is 21.1. The zero-order chi connectivity index (χ0) is 29.9. The van der Waals surface area contributed by atoms with Gasteiger partial charge in [0.15, 0.2) is 5.69 Å². The fraction of sp³-hybridized carbons (Fsp3) is 0.179. The second kappa shape index (κ2) is 11.4. The van der Waals surface area contributed by atoms with E-state index in [2.05, 4.69) is 15.2 Å². The quantitative estimate of drug-likeness (QED) is 0.227.